The minimum atomic E-state index is -0.953. The van der Waals surface area contributed by atoms with Gasteiger partial charge < -0.3 is 14.6 Å². The van der Waals surface area contributed by atoms with Crippen LogP contribution in [0.5, 0.6) is 11.5 Å². The smallest absolute Gasteiger partial charge is 0.310 e. The van der Waals surface area contributed by atoms with Gasteiger partial charge in [-0.05, 0) is 25.0 Å². The number of halogens is 1. The van der Waals surface area contributed by atoms with Crippen LogP contribution in [0.25, 0.3) is 0 Å². The van der Waals surface area contributed by atoms with Crippen LogP contribution in [0.1, 0.15) is 30.9 Å². The molecule has 0 aliphatic heterocycles. The van der Waals surface area contributed by atoms with Gasteiger partial charge >= 0.3 is 5.97 Å². The van der Waals surface area contributed by atoms with Gasteiger partial charge in [0.15, 0.2) is 11.5 Å². The van der Waals surface area contributed by atoms with Gasteiger partial charge in [-0.3, -0.25) is 4.79 Å². The first-order valence-electron chi connectivity index (χ1n) is 5.63. The van der Waals surface area contributed by atoms with Crippen molar-refractivity contribution < 1.29 is 19.4 Å². The van der Waals surface area contributed by atoms with E-state index in [0.29, 0.717) is 28.5 Å². The summed E-state index contributed by atoms with van der Waals surface area (Å²) in [5.41, 5.74) is 1.31. The highest BCUT2D eigenvalue weighted by Gasteiger charge is 2.26. The van der Waals surface area contributed by atoms with Crippen molar-refractivity contribution in [3.63, 3.8) is 0 Å². The molecule has 0 aromatic heterocycles. The quantitative estimate of drug-likeness (QED) is 0.895. The van der Waals surface area contributed by atoms with Crippen LogP contribution in [-0.4, -0.2) is 25.3 Å². The molecule has 0 aliphatic carbocycles. The Kier molecular flexibility index (Phi) is 4.84. The molecular weight excluding hydrogens is 256 g/mol. The Balaban J connectivity index is 3.57. The van der Waals surface area contributed by atoms with E-state index in [2.05, 4.69) is 0 Å². The van der Waals surface area contributed by atoms with E-state index in [0.717, 1.165) is 5.56 Å². The van der Waals surface area contributed by atoms with Gasteiger partial charge in [-0.1, -0.05) is 18.5 Å². The number of carboxylic acid groups (broad SMARTS) is 1. The summed E-state index contributed by atoms with van der Waals surface area (Å²) in [6, 6.07) is 1.78. The summed E-state index contributed by atoms with van der Waals surface area (Å²) in [4.78, 5) is 11.2. The Morgan fingerprint density at radius 2 is 2.06 bits per heavy atom. The van der Waals surface area contributed by atoms with Crippen LogP contribution in [-0.2, 0) is 11.2 Å². The summed E-state index contributed by atoms with van der Waals surface area (Å²) in [5.74, 6) is -0.824. The van der Waals surface area contributed by atoms with Gasteiger partial charge in [0.25, 0.3) is 0 Å². The third-order valence-electron chi connectivity index (χ3n) is 2.90. The van der Waals surface area contributed by atoms with Crippen molar-refractivity contribution >= 4 is 17.6 Å². The molecule has 0 saturated heterocycles. The molecule has 1 aromatic rings. The first kappa shape index (κ1) is 14.6. The molecule has 1 N–H and O–H groups in total. The van der Waals surface area contributed by atoms with Crippen molar-refractivity contribution in [1.82, 2.24) is 0 Å². The fraction of sp³-hybridized carbons (Fsp3) is 0.462. The molecule has 5 heteroatoms. The molecule has 4 nitrogen and oxygen atoms in total. The van der Waals surface area contributed by atoms with E-state index < -0.39 is 11.9 Å². The van der Waals surface area contributed by atoms with Gasteiger partial charge in [0, 0.05) is 5.56 Å². The molecule has 100 valence electrons. The molecule has 0 bridgehead atoms. The van der Waals surface area contributed by atoms with Crippen LogP contribution < -0.4 is 9.47 Å². The Morgan fingerprint density at radius 3 is 2.44 bits per heavy atom. The fourth-order valence-electron chi connectivity index (χ4n) is 1.82. The van der Waals surface area contributed by atoms with E-state index in [1.54, 1.807) is 13.0 Å². The SMILES string of the molecule is CCc1cc(OC)c(OC)c(C(C)C(=O)O)c1Cl. The second kappa shape index (κ2) is 5.96. The standard InChI is InChI=1S/C13H17ClO4/c1-5-8-6-9(17-3)12(18-4)10(11(8)14)7(2)13(15)16/h6-7H,5H2,1-4H3,(H,15,16). The first-order valence-corrected chi connectivity index (χ1v) is 6.01. The molecule has 1 atom stereocenters. The maximum atomic E-state index is 11.2. The number of hydrogen-bond donors (Lipinski definition) is 1. The zero-order valence-electron chi connectivity index (χ0n) is 10.9. The number of hydrogen-bond acceptors (Lipinski definition) is 3. The zero-order valence-corrected chi connectivity index (χ0v) is 11.7. The molecule has 1 rings (SSSR count). The van der Waals surface area contributed by atoms with Gasteiger partial charge in [0.1, 0.15) is 0 Å². The topological polar surface area (TPSA) is 55.8 Å². The van der Waals surface area contributed by atoms with E-state index in [4.69, 9.17) is 26.2 Å². The summed E-state index contributed by atoms with van der Waals surface area (Å²) in [6.07, 6.45) is 0.693. The molecule has 18 heavy (non-hydrogen) atoms. The Labute approximate surface area is 111 Å². The molecule has 0 aliphatic rings. The van der Waals surface area contributed by atoms with E-state index in [9.17, 15) is 4.79 Å². The molecule has 0 amide bonds. The predicted octanol–water partition coefficient (Wildman–Crippen LogP) is 3.11. The number of aryl methyl sites for hydroxylation is 1. The largest absolute Gasteiger partial charge is 0.493 e. The van der Waals surface area contributed by atoms with Gasteiger partial charge in [-0.15, -0.1) is 0 Å². The number of ether oxygens (including phenoxy) is 2. The van der Waals surface area contributed by atoms with Crippen LogP contribution >= 0.6 is 11.6 Å². The van der Waals surface area contributed by atoms with Crippen molar-refractivity contribution in [2.24, 2.45) is 0 Å². The lowest BCUT2D eigenvalue weighted by Crippen LogP contribution is -2.11. The maximum Gasteiger partial charge on any atom is 0.310 e. The van der Waals surface area contributed by atoms with E-state index in [1.807, 2.05) is 6.92 Å². The number of carbonyl (C=O) groups is 1. The second-order valence-corrected chi connectivity index (χ2v) is 4.29. The van der Waals surface area contributed by atoms with E-state index in [1.165, 1.54) is 14.2 Å². The minimum Gasteiger partial charge on any atom is -0.493 e. The number of carboxylic acids is 1. The lowest BCUT2D eigenvalue weighted by Gasteiger charge is -2.19. The Bertz CT molecular complexity index is 457. The normalized spacial score (nSPS) is 12.1. The Hall–Kier alpha value is -1.42. The van der Waals surface area contributed by atoms with Gasteiger partial charge in [0.05, 0.1) is 25.2 Å². The van der Waals surface area contributed by atoms with E-state index in [-0.39, 0.29) is 0 Å². The third kappa shape index (κ3) is 2.53. The molecule has 0 radical (unpaired) electrons. The van der Waals surface area contributed by atoms with Crippen LogP contribution in [0.15, 0.2) is 6.07 Å². The fourth-order valence-corrected chi connectivity index (χ4v) is 2.26. The number of aliphatic carboxylic acids is 1. The lowest BCUT2D eigenvalue weighted by atomic mass is 9.96. The van der Waals surface area contributed by atoms with Crippen molar-refractivity contribution in [2.75, 3.05) is 14.2 Å². The molecule has 0 fully saturated rings. The van der Waals surface area contributed by atoms with Crippen LogP contribution in [0.4, 0.5) is 0 Å². The maximum absolute atomic E-state index is 11.2. The molecule has 1 aromatic carbocycles. The summed E-state index contributed by atoms with van der Waals surface area (Å²) in [6.45, 7) is 3.52. The molecule has 0 spiro atoms. The molecular formula is C13H17ClO4. The van der Waals surface area contributed by atoms with Crippen LogP contribution in [0.3, 0.4) is 0 Å². The van der Waals surface area contributed by atoms with Gasteiger partial charge in [-0.2, -0.15) is 0 Å². The first-order chi connectivity index (χ1) is 8.47. The summed E-state index contributed by atoms with van der Waals surface area (Å²) in [7, 11) is 2.98. The molecule has 1 unspecified atom stereocenters. The number of benzene rings is 1. The second-order valence-electron chi connectivity index (χ2n) is 3.91. The molecule has 0 heterocycles. The average Bonchev–Trinajstić information content (AvgIpc) is 2.36. The third-order valence-corrected chi connectivity index (χ3v) is 3.35. The molecule has 0 saturated carbocycles. The number of methoxy groups -OCH3 is 2. The lowest BCUT2D eigenvalue weighted by molar-refractivity contribution is -0.138. The van der Waals surface area contributed by atoms with Crippen molar-refractivity contribution in [1.29, 1.82) is 0 Å². The van der Waals surface area contributed by atoms with Crippen molar-refractivity contribution in [3.8, 4) is 11.5 Å². The predicted molar refractivity (Wildman–Crippen MR) is 70.0 cm³/mol. The van der Waals surface area contributed by atoms with Crippen LogP contribution in [0, 0.1) is 0 Å². The zero-order chi connectivity index (χ0) is 13.9. The van der Waals surface area contributed by atoms with Gasteiger partial charge in [0.2, 0.25) is 0 Å². The van der Waals surface area contributed by atoms with Crippen molar-refractivity contribution in [3.05, 3.63) is 22.2 Å². The minimum absolute atomic E-state index is 0.384. The highest BCUT2D eigenvalue weighted by Crippen LogP contribution is 2.42. The Morgan fingerprint density at radius 1 is 1.44 bits per heavy atom. The van der Waals surface area contributed by atoms with Gasteiger partial charge in [-0.25, -0.2) is 0 Å². The highest BCUT2D eigenvalue weighted by atomic mass is 35.5. The summed E-state index contributed by atoms with van der Waals surface area (Å²) >= 11 is 6.26. The summed E-state index contributed by atoms with van der Waals surface area (Å²) in [5, 5.41) is 9.59. The highest BCUT2D eigenvalue weighted by molar-refractivity contribution is 6.32. The summed E-state index contributed by atoms with van der Waals surface area (Å²) < 4.78 is 10.5. The monoisotopic (exact) mass is 272 g/mol. The van der Waals surface area contributed by atoms with Crippen molar-refractivity contribution in [2.45, 2.75) is 26.2 Å². The van der Waals surface area contributed by atoms with Crippen LogP contribution in [0.2, 0.25) is 5.02 Å². The average molecular weight is 273 g/mol. The number of rotatable bonds is 5. The van der Waals surface area contributed by atoms with E-state index >= 15 is 0 Å².